The number of unbranched alkanes of at least 4 members (excludes halogenated alkanes) is 25. The summed E-state index contributed by atoms with van der Waals surface area (Å²) in [6, 6.07) is 0. The molecule has 0 saturated carbocycles. The number of carboxylic acids is 1. The molecule has 1 aliphatic heterocycles. The van der Waals surface area contributed by atoms with Gasteiger partial charge in [0.2, 0.25) is 0 Å². The fourth-order valence-corrected chi connectivity index (χ4v) is 9.70. The number of hydrogen-bond acceptors (Lipinski definition) is 11. The smallest absolute Gasteiger partial charge is 0.335 e. The third-order valence-electron chi connectivity index (χ3n) is 14.8. The summed E-state index contributed by atoms with van der Waals surface area (Å²) in [4.78, 5) is 51.4. The summed E-state index contributed by atoms with van der Waals surface area (Å²) in [5, 5.41) is 31.7. The van der Waals surface area contributed by atoms with E-state index in [1.165, 1.54) is 57.8 Å². The molecule has 0 radical (unpaired) electrons. The van der Waals surface area contributed by atoms with E-state index in [4.69, 9.17) is 23.7 Å². The summed E-state index contributed by atoms with van der Waals surface area (Å²) in [6.07, 6.45) is 68.9. The quantitative estimate of drug-likeness (QED) is 0.0228. The lowest BCUT2D eigenvalue weighted by molar-refractivity contribution is -0.301. The van der Waals surface area contributed by atoms with Crippen LogP contribution >= 0.6 is 0 Å². The maximum Gasteiger partial charge on any atom is 0.335 e. The molecule has 1 aliphatic rings. The second kappa shape index (κ2) is 59.7. The van der Waals surface area contributed by atoms with Gasteiger partial charge in [0.15, 0.2) is 24.6 Å². The minimum absolute atomic E-state index is 0.0379. The fraction of sp³-hybridized carbons (Fsp3) is 0.699. The van der Waals surface area contributed by atoms with Crippen LogP contribution in [0.4, 0.5) is 0 Å². The van der Waals surface area contributed by atoms with E-state index in [1.54, 1.807) is 0 Å². The summed E-state index contributed by atoms with van der Waals surface area (Å²) in [7, 11) is 0. The van der Waals surface area contributed by atoms with E-state index in [0.29, 0.717) is 19.3 Å². The lowest BCUT2D eigenvalue weighted by Crippen LogP contribution is -2.61. The molecule has 1 saturated heterocycles. The zero-order valence-corrected chi connectivity index (χ0v) is 53.6. The van der Waals surface area contributed by atoms with Gasteiger partial charge in [-0.2, -0.15) is 0 Å². The van der Waals surface area contributed by atoms with E-state index in [2.05, 4.69) is 130 Å². The third-order valence-corrected chi connectivity index (χ3v) is 14.8. The number of hydrogen-bond donors (Lipinski definition) is 3. The van der Waals surface area contributed by atoms with Crippen molar-refractivity contribution in [2.75, 3.05) is 13.2 Å². The maximum atomic E-state index is 13.2. The van der Waals surface area contributed by atoms with Crippen LogP contribution in [0.25, 0.3) is 0 Å². The minimum atomic E-state index is -1.92. The van der Waals surface area contributed by atoms with Gasteiger partial charge in [-0.25, -0.2) is 4.79 Å². The average molecular weight is 1190 g/mol. The van der Waals surface area contributed by atoms with Crippen LogP contribution in [0.1, 0.15) is 278 Å². The van der Waals surface area contributed by atoms with Gasteiger partial charge in [-0.15, -0.1) is 0 Å². The summed E-state index contributed by atoms with van der Waals surface area (Å²) < 4.78 is 28.6. The Bertz CT molecular complexity index is 1890. The molecular formula is C73H120O12. The number of carbonyl (C=O) groups is 4. The summed E-state index contributed by atoms with van der Waals surface area (Å²) >= 11 is 0. The van der Waals surface area contributed by atoms with Crippen molar-refractivity contribution in [1.29, 1.82) is 0 Å². The zero-order chi connectivity index (χ0) is 61.7. The van der Waals surface area contributed by atoms with Crippen molar-refractivity contribution >= 4 is 23.9 Å². The second-order valence-corrected chi connectivity index (χ2v) is 22.7. The fourth-order valence-electron chi connectivity index (χ4n) is 9.70. The van der Waals surface area contributed by atoms with E-state index < -0.39 is 67.3 Å². The van der Waals surface area contributed by atoms with Crippen LogP contribution in [0, 0.1) is 0 Å². The zero-order valence-electron chi connectivity index (χ0n) is 53.6. The van der Waals surface area contributed by atoms with Gasteiger partial charge in [-0.3, -0.25) is 14.4 Å². The summed E-state index contributed by atoms with van der Waals surface area (Å²) in [5.74, 6) is -3.16. The molecule has 0 aromatic rings. The molecule has 85 heavy (non-hydrogen) atoms. The minimum Gasteiger partial charge on any atom is -0.479 e. The van der Waals surface area contributed by atoms with Gasteiger partial charge in [0.05, 0.1) is 6.61 Å². The largest absolute Gasteiger partial charge is 0.479 e. The molecule has 0 aromatic heterocycles. The van der Waals surface area contributed by atoms with Crippen molar-refractivity contribution in [3.8, 4) is 0 Å². The highest BCUT2D eigenvalue weighted by atomic mass is 16.7. The van der Waals surface area contributed by atoms with E-state index in [-0.39, 0.29) is 25.9 Å². The normalized spacial score (nSPS) is 18.2. The predicted octanol–water partition coefficient (Wildman–Crippen LogP) is 18.6. The number of carbonyl (C=O) groups excluding carboxylic acids is 3. The van der Waals surface area contributed by atoms with Crippen molar-refractivity contribution < 1.29 is 58.2 Å². The molecule has 1 fully saturated rings. The number of ether oxygens (including phenoxy) is 5. The second-order valence-electron chi connectivity index (χ2n) is 22.7. The predicted molar refractivity (Wildman–Crippen MR) is 349 cm³/mol. The first-order chi connectivity index (χ1) is 41.6. The first-order valence-electron chi connectivity index (χ1n) is 33.9. The van der Waals surface area contributed by atoms with E-state index >= 15 is 0 Å². The third kappa shape index (κ3) is 49.1. The molecule has 3 N–H and O–H groups in total. The van der Waals surface area contributed by atoms with Gasteiger partial charge in [0.1, 0.15) is 18.8 Å². The number of esters is 3. The lowest BCUT2D eigenvalue weighted by Gasteiger charge is -2.40. The summed E-state index contributed by atoms with van der Waals surface area (Å²) in [6.45, 7) is 5.77. The van der Waals surface area contributed by atoms with Crippen LogP contribution < -0.4 is 0 Å². The van der Waals surface area contributed by atoms with Gasteiger partial charge in [0, 0.05) is 19.3 Å². The summed E-state index contributed by atoms with van der Waals surface area (Å²) in [5.41, 5.74) is 0. The van der Waals surface area contributed by atoms with Crippen LogP contribution in [0.2, 0.25) is 0 Å². The van der Waals surface area contributed by atoms with Crippen molar-refractivity contribution in [3.63, 3.8) is 0 Å². The Morgan fingerprint density at radius 1 is 0.400 bits per heavy atom. The number of carboxylic acid groups (broad SMARTS) is 1. The molecule has 0 amide bonds. The molecule has 1 heterocycles. The average Bonchev–Trinajstić information content (AvgIpc) is 3.51. The van der Waals surface area contributed by atoms with Crippen LogP contribution in [0.5, 0.6) is 0 Å². The molecule has 12 heteroatoms. The molecule has 0 bridgehead atoms. The van der Waals surface area contributed by atoms with Gasteiger partial charge in [0.25, 0.3) is 0 Å². The van der Waals surface area contributed by atoms with Gasteiger partial charge >= 0.3 is 23.9 Å². The highest BCUT2D eigenvalue weighted by molar-refractivity contribution is 5.74. The van der Waals surface area contributed by atoms with Gasteiger partial charge in [-0.05, 0) is 122 Å². The Hall–Kier alpha value is -4.62. The van der Waals surface area contributed by atoms with Crippen molar-refractivity contribution in [3.05, 3.63) is 109 Å². The van der Waals surface area contributed by atoms with Crippen molar-refractivity contribution in [1.82, 2.24) is 0 Å². The van der Waals surface area contributed by atoms with Crippen LogP contribution in [0.3, 0.4) is 0 Å². The van der Waals surface area contributed by atoms with Gasteiger partial charge in [-0.1, -0.05) is 246 Å². The van der Waals surface area contributed by atoms with Crippen LogP contribution in [-0.2, 0) is 42.9 Å². The first-order valence-corrected chi connectivity index (χ1v) is 33.9. The highest BCUT2D eigenvalue weighted by Crippen LogP contribution is 2.27. The van der Waals surface area contributed by atoms with E-state index in [9.17, 15) is 34.5 Å². The molecule has 0 aromatic carbocycles. The number of aliphatic hydroxyl groups excluding tert-OH is 2. The van der Waals surface area contributed by atoms with Crippen molar-refractivity contribution in [2.24, 2.45) is 0 Å². The first kappa shape index (κ1) is 78.4. The van der Waals surface area contributed by atoms with Crippen LogP contribution in [-0.4, -0.2) is 89.2 Å². The van der Waals surface area contributed by atoms with Crippen molar-refractivity contribution in [2.45, 2.75) is 314 Å². The SMILES string of the molecule is CC/C=C\C/C=C\C/C=C\C/C=C\CCCCCCCCC(=O)OCC(COC1OC(C(=O)O)C(O)C(O)C1OC(=O)CCCCCCCC/C=C\C/C=C\C/C=C\C/C=C\CC)OC(=O)CCCCCCCCC/C=C\CCCCCCCC. The molecule has 484 valence electrons. The monoisotopic (exact) mass is 1190 g/mol. The van der Waals surface area contributed by atoms with Crippen LogP contribution in [0.15, 0.2) is 109 Å². The Morgan fingerprint density at radius 2 is 0.741 bits per heavy atom. The molecule has 0 aliphatic carbocycles. The lowest BCUT2D eigenvalue weighted by atomic mass is 9.98. The topological polar surface area (TPSA) is 175 Å². The molecule has 1 rings (SSSR count). The molecule has 12 nitrogen and oxygen atoms in total. The number of aliphatic carboxylic acids is 1. The molecule has 0 spiro atoms. The number of rotatable bonds is 57. The Labute approximate surface area is 516 Å². The van der Waals surface area contributed by atoms with E-state index in [0.717, 1.165) is 161 Å². The Morgan fingerprint density at radius 3 is 1.14 bits per heavy atom. The van der Waals surface area contributed by atoms with Gasteiger partial charge < -0.3 is 39.0 Å². The molecular weight excluding hydrogens is 1070 g/mol. The Balaban J connectivity index is 2.67. The molecule has 6 unspecified atom stereocenters. The maximum absolute atomic E-state index is 13.2. The van der Waals surface area contributed by atoms with E-state index in [1.807, 2.05) is 0 Å². The molecule has 6 atom stereocenters. The number of allylic oxidation sites excluding steroid dienone is 18. The number of aliphatic hydroxyl groups is 2. The Kier molecular flexibility index (Phi) is 55.1. The highest BCUT2D eigenvalue weighted by Gasteiger charge is 2.50. The standard InChI is InChI=1S/C73H120O12/c1-4-7-10-13-16-19-22-25-28-31-33-36-38-41-44-47-50-53-56-59-65(74)81-62-64(83-66(75)60-57-54-51-48-45-42-39-35-30-27-24-21-18-15-12-9-6-3)63-82-73-71(69(78)68(77)70(85-73)72(79)80)84-67(76)61-58-55-52-49-46-43-40-37-34-32-29-26-23-20-17-14-11-8-5-2/h7-8,10-11,16-17,19-20,25-30,33-34,36-37,64,68-71,73,77-78H,4-6,9,12-15,18,21-24,31-32,35,38-63H2,1-3H3,(H,79,80)/b10-7-,11-8-,19-16-,20-17-,28-25-,29-26-,30-27-,36-33-,37-34-.